The number of halogens is 1. The zero-order chi connectivity index (χ0) is 24.4. The summed E-state index contributed by atoms with van der Waals surface area (Å²) in [6.07, 6.45) is 1.56. The lowest BCUT2D eigenvalue weighted by Gasteiger charge is -2.04. The van der Waals surface area contributed by atoms with E-state index in [-0.39, 0.29) is 15.8 Å². The monoisotopic (exact) mass is 478 g/mol. The zero-order valence-corrected chi connectivity index (χ0v) is 18.8. The second-order valence-corrected chi connectivity index (χ2v) is 7.67. The van der Waals surface area contributed by atoms with Crippen LogP contribution in [0.25, 0.3) is 29.7 Å². The van der Waals surface area contributed by atoms with Gasteiger partial charge in [-0.15, -0.1) is 0 Å². The number of aromatic nitrogens is 2. The van der Waals surface area contributed by atoms with Crippen molar-refractivity contribution in [3.63, 3.8) is 0 Å². The number of carbonyl (C=O) groups excluding carboxylic acids is 1. The molecule has 0 amide bonds. The number of nitrogens with one attached hydrogen (secondary N) is 1. The smallest absolute Gasteiger partial charge is 0.338 e. The molecule has 0 aliphatic carbocycles. The van der Waals surface area contributed by atoms with Crippen molar-refractivity contribution in [3.05, 3.63) is 97.4 Å². The number of carboxylic acid groups (broad SMARTS) is 1. The van der Waals surface area contributed by atoms with E-state index in [1.54, 1.807) is 49.4 Å². The minimum absolute atomic E-state index is 0.00675. The summed E-state index contributed by atoms with van der Waals surface area (Å²) in [4.78, 5) is 35.9. The molecule has 0 spiro atoms. The standard InChI is InChI=1S/C25H19ClN2O6/c1-3-33-25(32)16-6-4-15(5-7-16)22-11-9-18(34-22)13-20-14(2)27-28(23(20)29)17-8-10-19(24(30)31)21(26)12-17/h4-13,27H,2-3H2,1H3,(H,30,31)/b20-13-. The molecule has 2 N–H and O–H groups in total. The van der Waals surface area contributed by atoms with Gasteiger partial charge in [0.2, 0.25) is 0 Å². The Morgan fingerprint density at radius 3 is 2.56 bits per heavy atom. The molecule has 34 heavy (non-hydrogen) atoms. The highest BCUT2D eigenvalue weighted by atomic mass is 35.5. The van der Waals surface area contributed by atoms with Crippen molar-refractivity contribution < 1.29 is 23.8 Å². The summed E-state index contributed by atoms with van der Waals surface area (Å²) < 4.78 is 12.1. The van der Waals surface area contributed by atoms with Gasteiger partial charge in [-0.2, -0.15) is 0 Å². The number of rotatable bonds is 6. The van der Waals surface area contributed by atoms with E-state index in [4.69, 9.17) is 25.9 Å². The lowest BCUT2D eigenvalue weighted by molar-refractivity contribution is 0.0526. The number of nitrogens with zero attached hydrogens (tertiary/aromatic N) is 1. The maximum Gasteiger partial charge on any atom is 0.338 e. The van der Waals surface area contributed by atoms with E-state index in [0.29, 0.717) is 34.7 Å². The molecule has 0 bridgehead atoms. The number of H-pyrrole nitrogens is 1. The van der Waals surface area contributed by atoms with Crippen molar-refractivity contribution in [2.45, 2.75) is 6.92 Å². The van der Waals surface area contributed by atoms with E-state index in [1.807, 2.05) is 0 Å². The van der Waals surface area contributed by atoms with E-state index in [0.717, 1.165) is 5.56 Å². The van der Waals surface area contributed by atoms with Crippen molar-refractivity contribution in [1.29, 1.82) is 0 Å². The quantitative estimate of drug-likeness (QED) is 0.411. The average Bonchev–Trinajstić information content (AvgIpc) is 3.39. The van der Waals surface area contributed by atoms with Gasteiger partial charge in [-0.3, -0.25) is 9.89 Å². The van der Waals surface area contributed by atoms with Gasteiger partial charge in [0.05, 0.1) is 39.0 Å². The molecular formula is C25H19ClN2O6. The number of furan rings is 1. The Kier molecular flexibility index (Phi) is 6.25. The van der Waals surface area contributed by atoms with Crippen LogP contribution in [0.4, 0.5) is 0 Å². The molecule has 2 aromatic heterocycles. The highest BCUT2D eigenvalue weighted by molar-refractivity contribution is 6.33. The van der Waals surface area contributed by atoms with Crippen molar-refractivity contribution >= 4 is 36.2 Å². The maximum absolute atomic E-state index is 13.0. The van der Waals surface area contributed by atoms with Crippen LogP contribution in [0.15, 0.2) is 63.8 Å². The average molecular weight is 479 g/mol. The predicted octanol–water partition coefficient (Wildman–Crippen LogP) is 3.19. The fourth-order valence-corrected chi connectivity index (χ4v) is 3.61. The molecule has 4 rings (SSSR count). The molecule has 0 saturated heterocycles. The predicted molar refractivity (Wildman–Crippen MR) is 127 cm³/mol. The number of ether oxygens (including phenoxy) is 1. The van der Waals surface area contributed by atoms with E-state index in [9.17, 15) is 14.4 Å². The number of carboxylic acids is 1. The Bertz CT molecular complexity index is 1560. The minimum Gasteiger partial charge on any atom is -0.478 e. The third kappa shape index (κ3) is 4.44. The second kappa shape index (κ2) is 9.29. The highest BCUT2D eigenvalue weighted by Gasteiger charge is 2.13. The van der Waals surface area contributed by atoms with Crippen LogP contribution in [0.1, 0.15) is 33.4 Å². The molecule has 0 saturated carbocycles. The first-order chi connectivity index (χ1) is 16.3. The Morgan fingerprint density at radius 2 is 1.91 bits per heavy atom. The van der Waals surface area contributed by atoms with Gasteiger partial charge >= 0.3 is 11.9 Å². The first-order valence-corrected chi connectivity index (χ1v) is 10.6. The van der Waals surface area contributed by atoms with Crippen LogP contribution >= 0.6 is 11.6 Å². The number of esters is 1. The fraction of sp³-hybridized carbons (Fsp3) is 0.0800. The number of aromatic carboxylic acids is 1. The fourth-order valence-electron chi connectivity index (χ4n) is 3.36. The topological polar surface area (TPSA) is 115 Å². The molecule has 9 heteroatoms. The van der Waals surface area contributed by atoms with Gasteiger partial charge < -0.3 is 14.3 Å². The molecule has 8 nitrogen and oxygen atoms in total. The molecule has 0 aliphatic heterocycles. The number of hydrogen-bond donors (Lipinski definition) is 2. The molecule has 172 valence electrons. The summed E-state index contributed by atoms with van der Waals surface area (Å²) in [5.41, 5.74) is 1.09. The summed E-state index contributed by atoms with van der Waals surface area (Å²) in [5.74, 6) is -0.574. The first kappa shape index (κ1) is 22.9. The number of benzene rings is 2. The molecule has 2 heterocycles. The molecule has 0 aliphatic rings. The number of hydrogen-bond acceptors (Lipinski definition) is 5. The Balaban J connectivity index is 1.65. The SMILES string of the molecule is C=c1[nH]n(-c2ccc(C(=O)O)c(Cl)c2)c(=O)/c1=C\c1ccc(-c2ccc(C(=O)OCC)cc2)o1. The molecule has 0 fully saturated rings. The largest absolute Gasteiger partial charge is 0.478 e. The van der Waals surface area contributed by atoms with Crippen LogP contribution in [0.2, 0.25) is 5.02 Å². The summed E-state index contributed by atoms with van der Waals surface area (Å²) in [5, 5.41) is 12.6. The van der Waals surface area contributed by atoms with Gasteiger partial charge in [-0.25, -0.2) is 14.3 Å². The second-order valence-electron chi connectivity index (χ2n) is 7.26. The molecular weight excluding hydrogens is 460 g/mol. The highest BCUT2D eigenvalue weighted by Crippen LogP contribution is 2.23. The minimum atomic E-state index is -1.16. The van der Waals surface area contributed by atoms with Gasteiger partial charge in [0.25, 0.3) is 5.56 Å². The van der Waals surface area contributed by atoms with Crippen LogP contribution < -0.4 is 16.1 Å². The number of aromatic amines is 1. The molecule has 0 radical (unpaired) electrons. The lowest BCUT2D eigenvalue weighted by atomic mass is 10.1. The summed E-state index contributed by atoms with van der Waals surface area (Å²) in [7, 11) is 0. The van der Waals surface area contributed by atoms with Gasteiger partial charge in [0.15, 0.2) is 0 Å². The Labute approximate surface area is 198 Å². The zero-order valence-electron chi connectivity index (χ0n) is 18.0. The Hall–Kier alpha value is -4.30. The van der Waals surface area contributed by atoms with E-state index in [2.05, 4.69) is 11.7 Å². The summed E-state index contributed by atoms with van der Waals surface area (Å²) in [6, 6.07) is 14.4. The third-order valence-electron chi connectivity index (χ3n) is 5.04. The van der Waals surface area contributed by atoms with Gasteiger partial charge in [0.1, 0.15) is 11.5 Å². The van der Waals surface area contributed by atoms with Crippen molar-refractivity contribution in [2.24, 2.45) is 0 Å². The number of carbonyl (C=O) groups is 2. The summed E-state index contributed by atoms with van der Waals surface area (Å²) in [6.45, 7) is 5.92. The molecule has 0 unspecified atom stereocenters. The van der Waals surface area contributed by atoms with Crippen LogP contribution in [0.5, 0.6) is 0 Å². The maximum atomic E-state index is 13.0. The van der Waals surface area contributed by atoms with Crippen molar-refractivity contribution in [3.8, 4) is 17.0 Å². The van der Waals surface area contributed by atoms with Crippen LogP contribution in [0, 0.1) is 0 Å². The van der Waals surface area contributed by atoms with Gasteiger partial charge in [-0.1, -0.05) is 30.3 Å². The molecule has 0 atom stereocenters. The molecule has 2 aromatic carbocycles. The van der Waals surface area contributed by atoms with Crippen LogP contribution in [0.3, 0.4) is 0 Å². The van der Waals surface area contributed by atoms with E-state index >= 15 is 0 Å². The van der Waals surface area contributed by atoms with E-state index in [1.165, 1.54) is 22.9 Å². The van der Waals surface area contributed by atoms with Crippen LogP contribution in [-0.2, 0) is 4.74 Å². The summed E-state index contributed by atoms with van der Waals surface area (Å²) >= 11 is 6.03. The first-order valence-electron chi connectivity index (χ1n) is 10.2. The van der Waals surface area contributed by atoms with Gasteiger partial charge in [-0.05, 0) is 55.5 Å². The van der Waals surface area contributed by atoms with E-state index < -0.39 is 17.5 Å². The van der Waals surface area contributed by atoms with Crippen molar-refractivity contribution in [1.82, 2.24) is 9.78 Å². The third-order valence-corrected chi connectivity index (χ3v) is 5.35. The normalized spacial score (nSPS) is 11.5. The van der Waals surface area contributed by atoms with Gasteiger partial charge in [0, 0.05) is 5.56 Å². The molecule has 4 aromatic rings. The van der Waals surface area contributed by atoms with Crippen LogP contribution in [-0.4, -0.2) is 33.4 Å². The van der Waals surface area contributed by atoms with Crippen molar-refractivity contribution in [2.75, 3.05) is 6.61 Å². The Morgan fingerprint density at radius 1 is 1.18 bits per heavy atom. The lowest BCUT2D eigenvalue weighted by Crippen LogP contribution is -2.33.